The minimum Gasteiger partial charge on any atom is -0.350 e. The van der Waals surface area contributed by atoms with E-state index in [0.29, 0.717) is 26.1 Å². The molecule has 7 unspecified atom stereocenters. The van der Waals surface area contributed by atoms with E-state index in [1.54, 1.807) is 5.01 Å². The number of piperidine rings is 2. The van der Waals surface area contributed by atoms with Gasteiger partial charge in [0.2, 0.25) is 11.8 Å². The molecule has 0 aromatic heterocycles. The molecule has 0 radical (unpaired) electrons. The molecule has 0 spiro atoms. The van der Waals surface area contributed by atoms with E-state index in [-0.39, 0.29) is 37.5 Å². The number of hydrogen-bond acceptors (Lipinski definition) is 8. The van der Waals surface area contributed by atoms with Gasteiger partial charge in [-0.05, 0) is 19.3 Å². The van der Waals surface area contributed by atoms with Crippen LogP contribution in [0, 0.1) is 5.92 Å². The number of hydrazine groups is 1. The molecule has 0 saturated carbocycles. The van der Waals surface area contributed by atoms with Gasteiger partial charge in [-0.1, -0.05) is 0 Å². The van der Waals surface area contributed by atoms with Gasteiger partial charge in [-0.15, -0.1) is 0 Å². The third kappa shape index (κ3) is 4.61. The van der Waals surface area contributed by atoms with Gasteiger partial charge in [0.1, 0.15) is 12.3 Å². The summed E-state index contributed by atoms with van der Waals surface area (Å²) in [5.74, 6) is -0.629. The van der Waals surface area contributed by atoms with Crippen molar-refractivity contribution in [3.63, 3.8) is 0 Å². The van der Waals surface area contributed by atoms with E-state index < -0.39 is 42.7 Å². The number of halogens is 2. The zero-order chi connectivity index (χ0) is 23.1. The van der Waals surface area contributed by atoms with Crippen molar-refractivity contribution in [3.05, 3.63) is 0 Å². The lowest BCUT2D eigenvalue weighted by Crippen LogP contribution is -2.67. The summed E-state index contributed by atoms with van der Waals surface area (Å²) >= 11 is 0. The van der Waals surface area contributed by atoms with E-state index in [1.165, 1.54) is 0 Å². The Morgan fingerprint density at radius 1 is 1.12 bits per heavy atom. The smallest absolute Gasteiger partial charge is 0.229 e. The first-order chi connectivity index (χ1) is 15.9. The van der Waals surface area contributed by atoms with Crippen LogP contribution >= 0.6 is 0 Å². The molecular formula is C21H36F2N8O2. The molecular weight excluding hydrogens is 434 g/mol. The van der Waals surface area contributed by atoms with Crippen molar-refractivity contribution in [2.24, 2.45) is 11.7 Å². The number of alkyl halides is 2. The summed E-state index contributed by atoms with van der Waals surface area (Å²) in [6, 6.07) is -0.596. The minimum absolute atomic E-state index is 0.170. The minimum atomic E-state index is -1.11. The molecule has 2 amide bonds. The topological polar surface area (TPSA) is 118 Å². The second-order valence-electron chi connectivity index (χ2n) is 10.0. The Morgan fingerprint density at radius 2 is 1.91 bits per heavy atom. The summed E-state index contributed by atoms with van der Waals surface area (Å²) in [6.07, 6.45) is 0.0340. The molecule has 5 aliphatic heterocycles. The van der Waals surface area contributed by atoms with Crippen LogP contribution in [0.15, 0.2) is 0 Å². The molecule has 33 heavy (non-hydrogen) atoms. The van der Waals surface area contributed by atoms with Crippen LogP contribution in [0.25, 0.3) is 0 Å². The van der Waals surface area contributed by atoms with Gasteiger partial charge in [-0.25, -0.2) is 19.2 Å². The number of rotatable bonds is 4. The Labute approximate surface area is 192 Å². The molecule has 0 bridgehead atoms. The fourth-order valence-electron chi connectivity index (χ4n) is 6.30. The lowest BCUT2D eigenvalue weighted by molar-refractivity contribution is -0.131. The van der Waals surface area contributed by atoms with Crippen molar-refractivity contribution in [2.75, 3.05) is 45.8 Å². The molecule has 12 heteroatoms. The Morgan fingerprint density at radius 3 is 2.64 bits per heavy atom. The van der Waals surface area contributed by atoms with Crippen LogP contribution in [0.3, 0.4) is 0 Å². The number of carbonyl (C=O) groups excluding carboxylic acids is 2. The lowest BCUT2D eigenvalue weighted by Gasteiger charge is -2.46. The van der Waals surface area contributed by atoms with Crippen LogP contribution in [0.4, 0.5) is 8.78 Å². The number of likely N-dealkylation sites (tertiary alicyclic amines) is 2. The Kier molecular flexibility index (Phi) is 6.83. The van der Waals surface area contributed by atoms with Crippen molar-refractivity contribution in [2.45, 2.75) is 68.5 Å². The van der Waals surface area contributed by atoms with E-state index in [1.807, 2.05) is 4.90 Å². The number of nitrogens with two attached hydrogens (primary N) is 1. The molecule has 5 fully saturated rings. The maximum absolute atomic E-state index is 15.1. The average Bonchev–Trinajstić information content (AvgIpc) is 3.35. The van der Waals surface area contributed by atoms with E-state index in [4.69, 9.17) is 5.73 Å². The molecule has 0 aromatic carbocycles. The lowest BCUT2D eigenvalue weighted by atomic mass is 9.92. The highest BCUT2D eigenvalue weighted by Crippen LogP contribution is 2.27. The first-order valence-electron chi connectivity index (χ1n) is 12.3. The van der Waals surface area contributed by atoms with Gasteiger partial charge < -0.3 is 21.3 Å². The number of nitrogens with zero attached hydrogens (tertiary/aromatic N) is 3. The monoisotopic (exact) mass is 470 g/mol. The quantitative estimate of drug-likeness (QED) is 0.316. The number of amides is 2. The fraction of sp³-hybridized carbons (Fsp3) is 0.905. The molecule has 5 rings (SSSR count). The van der Waals surface area contributed by atoms with Crippen molar-refractivity contribution >= 4 is 11.8 Å². The highest BCUT2D eigenvalue weighted by molar-refractivity contribution is 5.81. The Bertz CT molecular complexity index is 739. The van der Waals surface area contributed by atoms with Crippen molar-refractivity contribution in [1.29, 1.82) is 0 Å². The third-order valence-electron chi connectivity index (χ3n) is 7.91. The van der Waals surface area contributed by atoms with Gasteiger partial charge >= 0.3 is 0 Å². The Balaban J connectivity index is 1.22. The predicted molar refractivity (Wildman–Crippen MR) is 117 cm³/mol. The maximum Gasteiger partial charge on any atom is 0.229 e. The zero-order valence-corrected chi connectivity index (χ0v) is 18.9. The summed E-state index contributed by atoms with van der Waals surface area (Å²) in [6.45, 7) is 3.30. The SMILES string of the molecule is NC1NN2CC(F)CNC2C1C(=O)NC1CNCC(F)C1N1CCC(N2CCCC2=O)CC1. The molecule has 0 aliphatic carbocycles. The van der Waals surface area contributed by atoms with Crippen LogP contribution < -0.4 is 27.1 Å². The first kappa shape index (κ1) is 23.3. The van der Waals surface area contributed by atoms with E-state index in [2.05, 4.69) is 26.3 Å². The second kappa shape index (κ2) is 9.67. The first-order valence-corrected chi connectivity index (χ1v) is 12.3. The van der Waals surface area contributed by atoms with Gasteiger partial charge in [0.15, 0.2) is 0 Å². The summed E-state index contributed by atoms with van der Waals surface area (Å²) in [4.78, 5) is 29.5. The fourth-order valence-corrected chi connectivity index (χ4v) is 6.30. The van der Waals surface area contributed by atoms with Crippen LogP contribution in [0.2, 0.25) is 0 Å². The normalized spacial score (nSPS) is 41.4. The highest BCUT2D eigenvalue weighted by Gasteiger charge is 2.48. The van der Waals surface area contributed by atoms with Gasteiger partial charge in [0.25, 0.3) is 0 Å². The van der Waals surface area contributed by atoms with Crippen LogP contribution in [0.1, 0.15) is 25.7 Å². The van der Waals surface area contributed by atoms with Gasteiger partial charge in [-0.3, -0.25) is 19.8 Å². The number of hydrogen-bond donors (Lipinski definition) is 5. The molecule has 186 valence electrons. The molecule has 10 nitrogen and oxygen atoms in total. The molecule has 5 saturated heterocycles. The Hall–Kier alpha value is -1.44. The van der Waals surface area contributed by atoms with Gasteiger partial charge in [0.05, 0.1) is 30.3 Å². The standard InChI is InChI=1S/C21H36F2N8O2/c22-12-8-26-20-17(19(24)28-31(20)11-12)21(33)27-15-10-25-9-14(23)18(15)29-6-3-13(4-7-29)30-5-1-2-16(30)32/h12-15,17-20,25-26,28H,1-11,24H2,(H,27,33). The zero-order valence-electron chi connectivity index (χ0n) is 18.9. The molecule has 0 aromatic rings. The largest absolute Gasteiger partial charge is 0.350 e. The second-order valence-corrected chi connectivity index (χ2v) is 10.0. The summed E-state index contributed by atoms with van der Waals surface area (Å²) < 4.78 is 28.9. The summed E-state index contributed by atoms with van der Waals surface area (Å²) in [5.41, 5.74) is 9.16. The van der Waals surface area contributed by atoms with Gasteiger partial charge in [-0.2, -0.15) is 0 Å². The maximum atomic E-state index is 15.1. The number of fused-ring (bicyclic) bond motifs is 1. The average molecular weight is 471 g/mol. The van der Waals surface area contributed by atoms with E-state index in [0.717, 1.165) is 25.8 Å². The number of nitrogens with one attached hydrogen (secondary N) is 4. The van der Waals surface area contributed by atoms with E-state index >= 15 is 4.39 Å². The highest BCUT2D eigenvalue weighted by atomic mass is 19.1. The predicted octanol–water partition coefficient (Wildman–Crippen LogP) is -2.14. The molecule has 6 N–H and O–H groups in total. The third-order valence-corrected chi connectivity index (χ3v) is 7.91. The van der Waals surface area contributed by atoms with Crippen LogP contribution in [-0.2, 0) is 9.59 Å². The van der Waals surface area contributed by atoms with Crippen LogP contribution in [-0.4, -0.2) is 115 Å². The molecule has 7 atom stereocenters. The summed E-state index contributed by atoms with van der Waals surface area (Å²) in [7, 11) is 0. The number of carbonyl (C=O) groups is 2. The van der Waals surface area contributed by atoms with Crippen LogP contribution in [0.5, 0.6) is 0 Å². The molecule has 5 heterocycles. The van der Waals surface area contributed by atoms with Crippen molar-refractivity contribution < 1.29 is 18.4 Å². The molecule has 5 aliphatic rings. The van der Waals surface area contributed by atoms with Crippen molar-refractivity contribution in [1.82, 2.24) is 36.2 Å². The summed E-state index contributed by atoms with van der Waals surface area (Å²) in [5, 5.41) is 10.9. The van der Waals surface area contributed by atoms with Gasteiger partial charge in [0, 0.05) is 58.3 Å². The van der Waals surface area contributed by atoms with Crippen molar-refractivity contribution in [3.8, 4) is 0 Å². The van der Waals surface area contributed by atoms with E-state index in [9.17, 15) is 14.0 Å².